The average Bonchev–Trinajstić information content (AvgIpc) is 2.67. The quantitative estimate of drug-likeness (QED) is 0.826. The molecular weight excluding hydrogens is 300 g/mol. The summed E-state index contributed by atoms with van der Waals surface area (Å²) in [7, 11) is 0. The summed E-state index contributed by atoms with van der Waals surface area (Å²) in [6.45, 7) is 8.02. The Balaban J connectivity index is 1.31. The lowest BCUT2D eigenvalue weighted by Gasteiger charge is -2.36. The van der Waals surface area contributed by atoms with Crippen molar-refractivity contribution >= 4 is 11.6 Å². The number of nitrogens with zero attached hydrogens (tertiary/aromatic N) is 2. The van der Waals surface area contributed by atoms with E-state index >= 15 is 0 Å². The van der Waals surface area contributed by atoms with Crippen molar-refractivity contribution in [2.24, 2.45) is 5.92 Å². The van der Waals surface area contributed by atoms with Gasteiger partial charge in [0.05, 0.1) is 0 Å². The third-order valence-corrected chi connectivity index (χ3v) is 5.14. The molecule has 5 nitrogen and oxygen atoms in total. The van der Waals surface area contributed by atoms with Gasteiger partial charge in [-0.2, -0.15) is 0 Å². The summed E-state index contributed by atoms with van der Waals surface area (Å²) in [6.07, 6.45) is 3.08. The van der Waals surface area contributed by atoms with Crippen LogP contribution in [0.15, 0.2) is 30.3 Å². The number of hydrogen-bond acceptors (Lipinski definition) is 4. The van der Waals surface area contributed by atoms with Gasteiger partial charge in [0.25, 0.3) is 0 Å². The topological polar surface area (TPSA) is 47.6 Å². The Morgan fingerprint density at radius 2 is 1.96 bits per heavy atom. The lowest BCUT2D eigenvalue weighted by atomic mass is 10.00. The van der Waals surface area contributed by atoms with E-state index in [4.69, 9.17) is 0 Å². The lowest BCUT2D eigenvalue weighted by molar-refractivity contribution is -0.121. The summed E-state index contributed by atoms with van der Waals surface area (Å²) in [4.78, 5) is 16.9. The van der Waals surface area contributed by atoms with Crippen LogP contribution in [-0.2, 0) is 4.79 Å². The first-order valence-corrected chi connectivity index (χ1v) is 9.31. The number of rotatable bonds is 6. The highest BCUT2D eigenvalue weighted by molar-refractivity contribution is 5.76. The minimum Gasteiger partial charge on any atom is -0.369 e. The summed E-state index contributed by atoms with van der Waals surface area (Å²) in [6, 6.07) is 10.6. The molecule has 1 unspecified atom stereocenters. The third kappa shape index (κ3) is 5.21. The van der Waals surface area contributed by atoms with Crippen molar-refractivity contribution in [3.63, 3.8) is 0 Å². The van der Waals surface area contributed by atoms with Gasteiger partial charge in [0, 0.05) is 51.4 Å². The maximum Gasteiger partial charge on any atom is 0.221 e. The fourth-order valence-electron chi connectivity index (χ4n) is 3.57. The van der Waals surface area contributed by atoms with Crippen molar-refractivity contribution in [2.75, 3.05) is 57.3 Å². The van der Waals surface area contributed by atoms with Crippen LogP contribution in [0.5, 0.6) is 0 Å². The Labute approximate surface area is 145 Å². The van der Waals surface area contributed by atoms with Crippen molar-refractivity contribution in [3.05, 3.63) is 30.3 Å². The van der Waals surface area contributed by atoms with Crippen LogP contribution in [0.2, 0.25) is 0 Å². The van der Waals surface area contributed by atoms with E-state index in [1.54, 1.807) is 0 Å². The molecule has 24 heavy (non-hydrogen) atoms. The van der Waals surface area contributed by atoms with Crippen molar-refractivity contribution in [2.45, 2.75) is 19.3 Å². The number of hydrogen-bond donors (Lipinski definition) is 2. The Hall–Kier alpha value is -1.59. The first-order chi connectivity index (χ1) is 11.8. The van der Waals surface area contributed by atoms with Crippen LogP contribution in [-0.4, -0.2) is 63.2 Å². The van der Waals surface area contributed by atoms with Crippen LogP contribution in [0.3, 0.4) is 0 Å². The third-order valence-electron chi connectivity index (χ3n) is 5.14. The number of amides is 1. The molecule has 0 aromatic heterocycles. The van der Waals surface area contributed by atoms with E-state index in [9.17, 15) is 4.79 Å². The van der Waals surface area contributed by atoms with Crippen molar-refractivity contribution in [1.82, 2.24) is 15.5 Å². The second-order valence-electron chi connectivity index (χ2n) is 6.93. The molecule has 2 heterocycles. The Morgan fingerprint density at radius 3 is 2.67 bits per heavy atom. The van der Waals surface area contributed by atoms with E-state index < -0.39 is 0 Å². The second-order valence-corrected chi connectivity index (χ2v) is 6.93. The number of carbonyl (C=O) groups is 1. The molecule has 1 aromatic carbocycles. The van der Waals surface area contributed by atoms with Crippen molar-refractivity contribution in [1.29, 1.82) is 0 Å². The highest BCUT2D eigenvalue weighted by Crippen LogP contribution is 2.15. The molecule has 2 aliphatic rings. The SMILES string of the molecule is O=C(CCN1CCN(c2ccccc2)CC1)NCC1CCCNC1. The highest BCUT2D eigenvalue weighted by Gasteiger charge is 2.18. The van der Waals surface area contributed by atoms with Crippen molar-refractivity contribution in [3.8, 4) is 0 Å². The molecule has 0 bridgehead atoms. The molecule has 0 spiro atoms. The van der Waals surface area contributed by atoms with Gasteiger partial charge in [0.2, 0.25) is 5.91 Å². The standard InChI is InChI=1S/C19H30N4O/c24-19(21-16-17-5-4-9-20-15-17)8-10-22-11-13-23(14-12-22)18-6-2-1-3-7-18/h1-3,6-7,17,20H,4-5,8-16H2,(H,21,24). The Bertz CT molecular complexity index is 493. The van der Waals surface area contributed by atoms with Crippen LogP contribution in [0.1, 0.15) is 19.3 Å². The summed E-state index contributed by atoms with van der Waals surface area (Å²) < 4.78 is 0. The van der Waals surface area contributed by atoms with Gasteiger partial charge >= 0.3 is 0 Å². The van der Waals surface area contributed by atoms with Gasteiger partial charge in [-0.15, -0.1) is 0 Å². The zero-order valence-corrected chi connectivity index (χ0v) is 14.5. The zero-order valence-electron chi connectivity index (χ0n) is 14.5. The number of piperidine rings is 1. The minimum absolute atomic E-state index is 0.200. The first kappa shape index (κ1) is 17.2. The van der Waals surface area contributed by atoms with Gasteiger partial charge in [-0.05, 0) is 44.0 Å². The molecule has 5 heteroatoms. The molecule has 3 rings (SSSR count). The molecule has 1 amide bonds. The number of carbonyl (C=O) groups excluding carboxylic acids is 1. The van der Waals surface area contributed by atoms with Gasteiger partial charge in [0.15, 0.2) is 0 Å². The monoisotopic (exact) mass is 330 g/mol. The largest absolute Gasteiger partial charge is 0.369 e. The van der Waals surface area contributed by atoms with Crippen LogP contribution >= 0.6 is 0 Å². The smallest absolute Gasteiger partial charge is 0.221 e. The van der Waals surface area contributed by atoms with Crippen LogP contribution < -0.4 is 15.5 Å². The number of para-hydroxylation sites is 1. The summed E-state index contributed by atoms with van der Waals surface area (Å²) in [5.74, 6) is 0.808. The van der Waals surface area contributed by atoms with E-state index in [1.165, 1.54) is 18.5 Å². The van der Waals surface area contributed by atoms with E-state index in [1.807, 2.05) is 0 Å². The molecule has 2 aliphatic heterocycles. The lowest BCUT2D eigenvalue weighted by Crippen LogP contribution is -2.47. The summed E-state index contributed by atoms with van der Waals surface area (Å²) in [5, 5.41) is 6.51. The summed E-state index contributed by atoms with van der Waals surface area (Å²) >= 11 is 0. The van der Waals surface area contributed by atoms with Gasteiger partial charge < -0.3 is 15.5 Å². The highest BCUT2D eigenvalue weighted by atomic mass is 16.1. The molecule has 132 valence electrons. The normalized spacial score (nSPS) is 22.3. The molecule has 0 radical (unpaired) electrons. The maximum atomic E-state index is 12.0. The van der Waals surface area contributed by atoms with E-state index in [0.717, 1.165) is 52.4 Å². The molecule has 2 fully saturated rings. The second kappa shape index (κ2) is 9.04. The van der Waals surface area contributed by atoms with E-state index in [-0.39, 0.29) is 5.91 Å². The predicted molar refractivity (Wildman–Crippen MR) is 98.3 cm³/mol. The van der Waals surface area contributed by atoms with Crippen LogP contribution in [0.4, 0.5) is 5.69 Å². The Kier molecular flexibility index (Phi) is 6.49. The van der Waals surface area contributed by atoms with Crippen LogP contribution in [0.25, 0.3) is 0 Å². The van der Waals surface area contributed by atoms with Gasteiger partial charge in [-0.1, -0.05) is 18.2 Å². The molecule has 1 atom stereocenters. The Morgan fingerprint density at radius 1 is 1.17 bits per heavy atom. The van der Waals surface area contributed by atoms with Crippen LogP contribution in [0, 0.1) is 5.92 Å². The fourth-order valence-corrected chi connectivity index (χ4v) is 3.57. The predicted octanol–water partition coefficient (Wildman–Crippen LogP) is 1.31. The van der Waals surface area contributed by atoms with Gasteiger partial charge in [-0.3, -0.25) is 9.69 Å². The molecule has 1 aromatic rings. The molecule has 0 saturated carbocycles. The van der Waals surface area contributed by atoms with Gasteiger partial charge in [0.1, 0.15) is 0 Å². The first-order valence-electron chi connectivity index (χ1n) is 9.31. The molecular formula is C19H30N4O. The van der Waals surface area contributed by atoms with Gasteiger partial charge in [-0.25, -0.2) is 0 Å². The van der Waals surface area contributed by atoms with E-state index in [0.29, 0.717) is 12.3 Å². The fraction of sp³-hybridized carbons (Fsp3) is 0.632. The van der Waals surface area contributed by atoms with Crippen molar-refractivity contribution < 1.29 is 4.79 Å². The number of nitrogens with one attached hydrogen (secondary N) is 2. The minimum atomic E-state index is 0.200. The molecule has 0 aliphatic carbocycles. The molecule has 2 saturated heterocycles. The zero-order chi connectivity index (χ0) is 16.6. The summed E-state index contributed by atoms with van der Waals surface area (Å²) in [5.41, 5.74) is 1.30. The number of benzene rings is 1. The molecule has 2 N–H and O–H groups in total. The number of anilines is 1. The number of piperazine rings is 1. The van der Waals surface area contributed by atoms with E-state index in [2.05, 4.69) is 50.8 Å². The average molecular weight is 330 g/mol. The maximum absolute atomic E-state index is 12.0.